The molecule has 118 valence electrons. The average Bonchev–Trinajstić information content (AvgIpc) is 3.00. The van der Waals surface area contributed by atoms with Gasteiger partial charge in [-0.3, -0.25) is 9.80 Å². The van der Waals surface area contributed by atoms with Crippen LogP contribution in [0, 0.1) is 12.8 Å². The van der Waals surface area contributed by atoms with Gasteiger partial charge in [0.15, 0.2) is 5.82 Å². The summed E-state index contributed by atoms with van der Waals surface area (Å²) < 4.78 is 10.8. The maximum atomic E-state index is 5.73. The highest BCUT2D eigenvalue weighted by Crippen LogP contribution is 2.28. The molecule has 21 heavy (non-hydrogen) atoms. The van der Waals surface area contributed by atoms with Crippen molar-refractivity contribution in [1.29, 1.82) is 0 Å². The third-order valence-electron chi connectivity index (χ3n) is 4.43. The molecule has 1 aromatic heterocycles. The number of likely N-dealkylation sites (tertiary alicyclic amines) is 1. The van der Waals surface area contributed by atoms with E-state index >= 15 is 0 Å². The minimum absolute atomic E-state index is 0.576. The summed E-state index contributed by atoms with van der Waals surface area (Å²) >= 11 is 0. The second kappa shape index (κ2) is 6.85. The number of rotatable bonds is 8. The Hall–Kier alpha value is -0.980. The van der Waals surface area contributed by atoms with E-state index in [1.54, 1.807) is 0 Å². The molecule has 2 aliphatic rings. The van der Waals surface area contributed by atoms with Gasteiger partial charge in [-0.1, -0.05) is 5.16 Å². The smallest absolute Gasteiger partial charge is 0.223 e. The molecule has 1 aromatic rings. The molecule has 0 unspecified atom stereocenters. The monoisotopic (exact) mass is 294 g/mol. The number of aryl methyl sites for hydroxylation is 1. The van der Waals surface area contributed by atoms with Crippen molar-refractivity contribution in [1.82, 2.24) is 19.9 Å². The van der Waals surface area contributed by atoms with Crippen molar-refractivity contribution in [3.05, 3.63) is 11.7 Å². The number of likely N-dealkylation sites (N-methyl/N-ethyl adjacent to an activating group) is 1. The first-order valence-corrected chi connectivity index (χ1v) is 8.00. The highest BCUT2D eigenvalue weighted by molar-refractivity contribution is 4.88. The van der Waals surface area contributed by atoms with E-state index in [0.717, 1.165) is 51.1 Å². The Morgan fingerprint density at radius 1 is 1.38 bits per heavy atom. The van der Waals surface area contributed by atoms with Gasteiger partial charge in [0, 0.05) is 32.7 Å². The largest absolute Gasteiger partial charge is 0.380 e. The van der Waals surface area contributed by atoms with Crippen LogP contribution >= 0.6 is 0 Å². The first-order valence-electron chi connectivity index (χ1n) is 8.00. The van der Waals surface area contributed by atoms with E-state index in [2.05, 4.69) is 27.0 Å². The lowest BCUT2D eigenvalue weighted by Crippen LogP contribution is -2.35. The Balaban J connectivity index is 1.34. The molecule has 1 atom stereocenters. The fraction of sp³-hybridized carbons (Fsp3) is 0.867. The van der Waals surface area contributed by atoms with Crippen LogP contribution in [0.5, 0.6) is 0 Å². The third kappa shape index (κ3) is 4.49. The molecule has 6 nitrogen and oxygen atoms in total. The number of hydrogen-bond acceptors (Lipinski definition) is 6. The second-order valence-corrected chi connectivity index (χ2v) is 6.41. The van der Waals surface area contributed by atoms with Crippen LogP contribution < -0.4 is 0 Å². The van der Waals surface area contributed by atoms with E-state index in [1.165, 1.54) is 19.3 Å². The Morgan fingerprint density at radius 2 is 2.24 bits per heavy atom. The summed E-state index contributed by atoms with van der Waals surface area (Å²) in [7, 11) is 2.14. The maximum Gasteiger partial charge on any atom is 0.223 e. The van der Waals surface area contributed by atoms with E-state index in [1.807, 2.05) is 6.92 Å². The van der Waals surface area contributed by atoms with Crippen molar-refractivity contribution in [2.24, 2.45) is 5.92 Å². The van der Waals surface area contributed by atoms with Gasteiger partial charge < -0.3 is 9.26 Å². The summed E-state index contributed by atoms with van der Waals surface area (Å²) in [6, 6.07) is 0.576. The predicted octanol–water partition coefficient (Wildman–Crippen LogP) is 1.31. The molecular formula is C15H26N4O2. The molecule has 1 aliphatic heterocycles. The number of nitrogens with zero attached hydrogens (tertiary/aromatic N) is 4. The Morgan fingerprint density at radius 3 is 2.95 bits per heavy atom. The number of ether oxygens (including phenoxy) is 1. The SMILES string of the molecule is Cc1nc(CN(C)[C@@H]2CCN(CCOCC3CC3)C2)no1. The number of hydrogen-bond donors (Lipinski definition) is 0. The van der Waals surface area contributed by atoms with Crippen LogP contribution in [-0.2, 0) is 11.3 Å². The van der Waals surface area contributed by atoms with Crippen molar-refractivity contribution < 1.29 is 9.26 Å². The van der Waals surface area contributed by atoms with Crippen LogP contribution in [0.15, 0.2) is 4.52 Å². The zero-order valence-corrected chi connectivity index (χ0v) is 13.1. The normalized spacial score (nSPS) is 23.3. The zero-order valence-electron chi connectivity index (χ0n) is 13.1. The summed E-state index contributed by atoms with van der Waals surface area (Å²) in [6.07, 6.45) is 3.94. The lowest BCUT2D eigenvalue weighted by Gasteiger charge is -2.23. The van der Waals surface area contributed by atoms with Gasteiger partial charge in [0.2, 0.25) is 5.89 Å². The van der Waals surface area contributed by atoms with E-state index in [9.17, 15) is 0 Å². The molecule has 2 fully saturated rings. The average molecular weight is 294 g/mol. The molecule has 3 rings (SSSR count). The highest BCUT2D eigenvalue weighted by atomic mass is 16.5. The van der Waals surface area contributed by atoms with Gasteiger partial charge in [0.1, 0.15) is 0 Å². The van der Waals surface area contributed by atoms with E-state index in [0.29, 0.717) is 11.9 Å². The topological polar surface area (TPSA) is 54.6 Å². The van der Waals surface area contributed by atoms with E-state index in [4.69, 9.17) is 9.26 Å². The summed E-state index contributed by atoms with van der Waals surface area (Å²) in [5, 5.41) is 3.97. The van der Waals surface area contributed by atoms with Crippen LogP contribution in [-0.4, -0.2) is 65.9 Å². The van der Waals surface area contributed by atoms with Gasteiger partial charge in [-0.25, -0.2) is 0 Å². The van der Waals surface area contributed by atoms with Crippen molar-refractivity contribution in [2.75, 3.05) is 39.9 Å². The second-order valence-electron chi connectivity index (χ2n) is 6.41. The van der Waals surface area contributed by atoms with Crippen LogP contribution in [0.3, 0.4) is 0 Å². The molecule has 0 spiro atoms. The Labute approximate surface area is 126 Å². The molecule has 0 radical (unpaired) electrons. The third-order valence-corrected chi connectivity index (χ3v) is 4.43. The molecule has 0 amide bonds. The molecule has 0 bridgehead atoms. The van der Waals surface area contributed by atoms with Gasteiger partial charge in [-0.15, -0.1) is 0 Å². The van der Waals surface area contributed by atoms with Crippen LogP contribution in [0.2, 0.25) is 0 Å². The predicted molar refractivity (Wildman–Crippen MR) is 78.9 cm³/mol. The zero-order chi connectivity index (χ0) is 14.7. The van der Waals surface area contributed by atoms with Gasteiger partial charge in [0.25, 0.3) is 0 Å². The summed E-state index contributed by atoms with van der Waals surface area (Å²) in [6.45, 7) is 7.75. The van der Waals surface area contributed by atoms with Crippen molar-refractivity contribution in [2.45, 2.75) is 38.8 Å². The van der Waals surface area contributed by atoms with Crippen LogP contribution in [0.1, 0.15) is 31.0 Å². The lowest BCUT2D eigenvalue weighted by atomic mass is 10.2. The quantitative estimate of drug-likeness (QED) is 0.674. The molecule has 1 saturated heterocycles. The fourth-order valence-corrected chi connectivity index (χ4v) is 2.86. The standard InChI is InChI=1S/C15H26N4O2/c1-12-16-15(17-21-12)10-18(2)14-5-6-19(9-14)7-8-20-11-13-3-4-13/h13-14H,3-11H2,1-2H3/t14-/m1/s1. The molecule has 2 heterocycles. The summed E-state index contributed by atoms with van der Waals surface area (Å²) in [4.78, 5) is 9.10. The van der Waals surface area contributed by atoms with Crippen LogP contribution in [0.4, 0.5) is 0 Å². The Bertz CT molecular complexity index is 447. The molecule has 6 heteroatoms. The van der Waals surface area contributed by atoms with Gasteiger partial charge in [0.05, 0.1) is 13.2 Å². The fourth-order valence-electron chi connectivity index (χ4n) is 2.86. The van der Waals surface area contributed by atoms with Crippen molar-refractivity contribution >= 4 is 0 Å². The first-order chi connectivity index (χ1) is 10.2. The molecule has 1 aliphatic carbocycles. The first kappa shape index (κ1) is 14.9. The Kier molecular flexibility index (Phi) is 4.87. The minimum atomic E-state index is 0.576. The molecule has 1 saturated carbocycles. The molecular weight excluding hydrogens is 268 g/mol. The maximum absolute atomic E-state index is 5.73. The molecule has 0 aromatic carbocycles. The number of aromatic nitrogens is 2. The van der Waals surface area contributed by atoms with E-state index in [-0.39, 0.29) is 0 Å². The molecule has 0 N–H and O–H groups in total. The van der Waals surface area contributed by atoms with E-state index < -0.39 is 0 Å². The van der Waals surface area contributed by atoms with Gasteiger partial charge >= 0.3 is 0 Å². The van der Waals surface area contributed by atoms with Crippen molar-refractivity contribution in [3.63, 3.8) is 0 Å². The minimum Gasteiger partial charge on any atom is -0.380 e. The van der Waals surface area contributed by atoms with Crippen molar-refractivity contribution in [3.8, 4) is 0 Å². The lowest BCUT2D eigenvalue weighted by molar-refractivity contribution is 0.100. The highest BCUT2D eigenvalue weighted by Gasteiger charge is 2.26. The van der Waals surface area contributed by atoms with Crippen LogP contribution in [0.25, 0.3) is 0 Å². The van der Waals surface area contributed by atoms with Gasteiger partial charge in [-0.2, -0.15) is 4.98 Å². The summed E-state index contributed by atoms with van der Waals surface area (Å²) in [5.74, 6) is 2.28. The van der Waals surface area contributed by atoms with Gasteiger partial charge in [-0.05, 0) is 38.8 Å². The summed E-state index contributed by atoms with van der Waals surface area (Å²) in [5.41, 5.74) is 0.